The Morgan fingerprint density at radius 2 is 2.05 bits per heavy atom. The van der Waals surface area contributed by atoms with Crippen molar-refractivity contribution in [1.82, 2.24) is 4.90 Å². The second-order valence-electron chi connectivity index (χ2n) is 5.53. The summed E-state index contributed by atoms with van der Waals surface area (Å²) in [7, 11) is 0. The van der Waals surface area contributed by atoms with E-state index >= 15 is 0 Å². The van der Waals surface area contributed by atoms with Crippen molar-refractivity contribution in [3.8, 4) is 0 Å². The lowest BCUT2D eigenvalue weighted by molar-refractivity contribution is -0.181. The molecule has 1 fully saturated rings. The van der Waals surface area contributed by atoms with Gasteiger partial charge in [-0.05, 0) is 26.3 Å². The topological polar surface area (TPSA) is 55.6 Å². The van der Waals surface area contributed by atoms with Crippen molar-refractivity contribution in [2.24, 2.45) is 5.73 Å². The Morgan fingerprint density at radius 3 is 2.63 bits per heavy atom. The van der Waals surface area contributed by atoms with E-state index in [1.54, 1.807) is 0 Å². The summed E-state index contributed by atoms with van der Waals surface area (Å²) in [5.74, 6) is 0.0218. The van der Waals surface area contributed by atoms with Crippen molar-refractivity contribution in [2.75, 3.05) is 13.1 Å². The van der Waals surface area contributed by atoms with E-state index in [0.717, 1.165) is 5.56 Å². The molecule has 1 saturated heterocycles. The molecule has 4 heteroatoms. The molecule has 1 aliphatic rings. The molecule has 19 heavy (non-hydrogen) atoms. The standard InChI is InChI=1S/C15H22N2O2/c1-11(12-7-5-4-6-8-12)17-10-13(9-16)19-15(2,3)14(17)18/h4-8,11,13H,9-10,16H2,1-3H3. The van der Waals surface area contributed by atoms with Crippen LogP contribution in [0, 0.1) is 0 Å². The normalized spacial score (nSPS) is 24.3. The number of nitrogens with two attached hydrogens (primary N) is 1. The number of morpholine rings is 1. The summed E-state index contributed by atoms with van der Waals surface area (Å²) < 4.78 is 5.74. The van der Waals surface area contributed by atoms with Crippen molar-refractivity contribution in [3.05, 3.63) is 35.9 Å². The van der Waals surface area contributed by atoms with E-state index in [4.69, 9.17) is 10.5 Å². The van der Waals surface area contributed by atoms with E-state index < -0.39 is 5.60 Å². The van der Waals surface area contributed by atoms with E-state index in [2.05, 4.69) is 0 Å². The molecule has 1 aromatic rings. The number of carbonyl (C=O) groups excluding carboxylic acids is 1. The summed E-state index contributed by atoms with van der Waals surface area (Å²) in [6.45, 7) is 6.63. The van der Waals surface area contributed by atoms with Crippen LogP contribution in [0.25, 0.3) is 0 Å². The van der Waals surface area contributed by atoms with Crippen molar-refractivity contribution < 1.29 is 9.53 Å². The Morgan fingerprint density at radius 1 is 1.42 bits per heavy atom. The first-order valence-electron chi connectivity index (χ1n) is 6.69. The molecule has 2 unspecified atom stereocenters. The Bertz CT molecular complexity index is 445. The van der Waals surface area contributed by atoms with Crippen LogP contribution in [0.3, 0.4) is 0 Å². The molecule has 0 saturated carbocycles. The zero-order chi connectivity index (χ0) is 14.0. The minimum atomic E-state index is -0.800. The lowest BCUT2D eigenvalue weighted by atomic mass is 9.99. The predicted octanol–water partition coefficient (Wildman–Crippen LogP) is 1.71. The highest BCUT2D eigenvalue weighted by Crippen LogP contribution is 2.29. The minimum Gasteiger partial charge on any atom is -0.359 e. The molecular weight excluding hydrogens is 240 g/mol. The molecular formula is C15H22N2O2. The summed E-state index contributed by atoms with van der Waals surface area (Å²) in [6, 6.07) is 10.1. The number of benzene rings is 1. The van der Waals surface area contributed by atoms with Crippen LogP contribution < -0.4 is 5.73 Å². The second kappa shape index (κ2) is 5.31. The quantitative estimate of drug-likeness (QED) is 0.902. The third-order valence-corrected chi connectivity index (χ3v) is 3.65. The van der Waals surface area contributed by atoms with Gasteiger partial charge in [0, 0.05) is 13.1 Å². The fourth-order valence-electron chi connectivity index (χ4n) is 2.52. The van der Waals surface area contributed by atoms with Gasteiger partial charge in [-0.1, -0.05) is 30.3 Å². The summed E-state index contributed by atoms with van der Waals surface area (Å²) in [6.07, 6.45) is -0.0983. The Kier molecular flexibility index (Phi) is 3.92. The molecule has 1 amide bonds. The number of carbonyl (C=O) groups is 1. The van der Waals surface area contributed by atoms with E-state index in [9.17, 15) is 4.79 Å². The SMILES string of the molecule is CC(c1ccccc1)N1CC(CN)OC(C)(C)C1=O. The fraction of sp³-hybridized carbons (Fsp3) is 0.533. The third kappa shape index (κ3) is 2.80. The van der Waals surface area contributed by atoms with Gasteiger partial charge in [0.05, 0.1) is 12.1 Å². The van der Waals surface area contributed by atoms with Crippen LogP contribution in [-0.4, -0.2) is 35.6 Å². The maximum Gasteiger partial charge on any atom is 0.254 e. The van der Waals surface area contributed by atoms with Gasteiger partial charge in [-0.25, -0.2) is 0 Å². The molecule has 4 nitrogen and oxygen atoms in total. The highest BCUT2D eigenvalue weighted by atomic mass is 16.5. The van der Waals surface area contributed by atoms with Gasteiger partial charge in [0.25, 0.3) is 5.91 Å². The molecule has 2 N–H and O–H groups in total. The molecule has 0 aliphatic carbocycles. The molecule has 0 radical (unpaired) electrons. The van der Waals surface area contributed by atoms with E-state index in [1.165, 1.54) is 0 Å². The monoisotopic (exact) mass is 262 g/mol. The highest BCUT2D eigenvalue weighted by molar-refractivity contribution is 5.85. The van der Waals surface area contributed by atoms with Crippen LogP contribution in [0.1, 0.15) is 32.4 Å². The summed E-state index contributed by atoms with van der Waals surface area (Å²) >= 11 is 0. The van der Waals surface area contributed by atoms with Crippen molar-refractivity contribution >= 4 is 5.91 Å². The zero-order valence-electron chi connectivity index (χ0n) is 11.8. The van der Waals surface area contributed by atoms with Gasteiger partial charge in [0.15, 0.2) is 0 Å². The number of rotatable bonds is 3. The van der Waals surface area contributed by atoms with Crippen LogP contribution in [-0.2, 0) is 9.53 Å². The molecule has 104 valence electrons. The Labute approximate surface area is 114 Å². The molecule has 0 spiro atoms. The molecule has 0 bridgehead atoms. The average Bonchev–Trinajstić information content (AvgIpc) is 2.41. The van der Waals surface area contributed by atoms with Crippen molar-refractivity contribution in [2.45, 2.75) is 38.5 Å². The first kappa shape index (κ1) is 14.0. The minimum absolute atomic E-state index is 0.0218. The van der Waals surface area contributed by atoms with Crippen LogP contribution >= 0.6 is 0 Å². The van der Waals surface area contributed by atoms with Crippen LogP contribution in [0.5, 0.6) is 0 Å². The largest absolute Gasteiger partial charge is 0.359 e. The average molecular weight is 262 g/mol. The van der Waals surface area contributed by atoms with Gasteiger partial charge in [0.2, 0.25) is 0 Å². The number of hydrogen-bond donors (Lipinski definition) is 1. The van der Waals surface area contributed by atoms with Crippen LogP contribution in [0.15, 0.2) is 30.3 Å². The predicted molar refractivity (Wildman–Crippen MR) is 74.6 cm³/mol. The zero-order valence-corrected chi connectivity index (χ0v) is 11.8. The molecule has 2 atom stereocenters. The van der Waals surface area contributed by atoms with Crippen molar-refractivity contribution in [3.63, 3.8) is 0 Å². The van der Waals surface area contributed by atoms with E-state index in [0.29, 0.717) is 13.1 Å². The van der Waals surface area contributed by atoms with E-state index in [-0.39, 0.29) is 18.1 Å². The number of hydrogen-bond acceptors (Lipinski definition) is 3. The molecule has 0 aromatic heterocycles. The smallest absolute Gasteiger partial charge is 0.254 e. The summed E-state index contributed by atoms with van der Waals surface area (Å²) in [5.41, 5.74) is 6.04. The van der Waals surface area contributed by atoms with Crippen LogP contribution in [0.2, 0.25) is 0 Å². The molecule has 2 rings (SSSR count). The number of nitrogens with zero attached hydrogens (tertiary/aromatic N) is 1. The number of amides is 1. The van der Waals surface area contributed by atoms with Gasteiger partial charge in [-0.15, -0.1) is 0 Å². The fourth-order valence-corrected chi connectivity index (χ4v) is 2.52. The van der Waals surface area contributed by atoms with Gasteiger partial charge in [-0.2, -0.15) is 0 Å². The lowest BCUT2D eigenvalue weighted by Gasteiger charge is -2.44. The number of ether oxygens (including phenoxy) is 1. The third-order valence-electron chi connectivity index (χ3n) is 3.65. The van der Waals surface area contributed by atoms with Gasteiger partial charge in [0.1, 0.15) is 5.60 Å². The van der Waals surface area contributed by atoms with Gasteiger partial charge < -0.3 is 15.4 Å². The first-order chi connectivity index (χ1) is 8.95. The van der Waals surface area contributed by atoms with E-state index in [1.807, 2.05) is 56.0 Å². The summed E-state index contributed by atoms with van der Waals surface area (Å²) in [5, 5.41) is 0. The maximum absolute atomic E-state index is 12.5. The lowest BCUT2D eigenvalue weighted by Crippen LogP contribution is -2.59. The van der Waals surface area contributed by atoms with Gasteiger partial charge >= 0.3 is 0 Å². The first-order valence-corrected chi connectivity index (χ1v) is 6.69. The Balaban J connectivity index is 2.24. The molecule has 1 aliphatic heterocycles. The second-order valence-corrected chi connectivity index (χ2v) is 5.53. The molecule has 1 aromatic carbocycles. The maximum atomic E-state index is 12.5. The molecule has 1 heterocycles. The van der Waals surface area contributed by atoms with Gasteiger partial charge in [-0.3, -0.25) is 4.79 Å². The van der Waals surface area contributed by atoms with Crippen LogP contribution in [0.4, 0.5) is 0 Å². The highest BCUT2D eigenvalue weighted by Gasteiger charge is 2.42. The summed E-state index contributed by atoms with van der Waals surface area (Å²) in [4.78, 5) is 14.4. The Hall–Kier alpha value is -1.39. The van der Waals surface area contributed by atoms with Crippen molar-refractivity contribution in [1.29, 1.82) is 0 Å².